The molecule has 0 aliphatic rings. The maximum absolute atomic E-state index is 11.4. The molecular weight excluding hydrogens is 285 g/mol. The minimum Gasteiger partial charge on any atom is -0.479 e. The predicted molar refractivity (Wildman–Crippen MR) is 76.9 cm³/mol. The van der Waals surface area contributed by atoms with Gasteiger partial charge >= 0.3 is 5.97 Å². The molecule has 2 aromatic rings. The summed E-state index contributed by atoms with van der Waals surface area (Å²) in [5, 5.41) is 13.3. The molecule has 2 rings (SSSR count). The SMILES string of the molecule is O=C(O)C(Nc1ccccc1Cl)c1ccc(Cl)cc1. The molecule has 0 bridgehead atoms. The van der Waals surface area contributed by atoms with Crippen molar-refractivity contribution in [3.8, 4) is 0 Å². The monoisotopic (exact) mass is 295 g/mol. The molecule has 5 heteroatoms. The van der Waals surface area contributed by atoms with E-state index in [1.165, 1.54) is 0 Å². The molecule has 0 saturated carbocycles. The predicted octanol–water partition coefficient (Wildman–Crippen LogP) is 4.23. The van der Waals surface area contributed by atoms with E-state index in [1.807, 2.05) is 0 Å². The molecule has 19 heavy (non-hydrogen) atoms. The topological polar surface area (TPSA) is 49.3 Å². The molecule has 0 aromatic heterocycles. The number of rotatable bonds is 4. The first kappa shape index (κ1) is 13.7. The van der Waals surface area contributed by atoms with Gasteiger partial charge in [0, 0.05) is 5.02 Å². The van der Waals surface area contributed by atoms with Crippen LogP contribution in [0.3, 0.4) is 0 Å². The molecule has 3 nitrogen and oxygen atoms in total. The lowest BCUT2D eigenvalue weighted by Gasteiger charge is -2.17. The molecule has 2 N–H and O–H groups in total. The van der Waals surface area contributed by atoms with E-state index in [4.69, 9.17) is 23.2 Å². The number of hydrogen-bond acceptors (Lipinski definition) is 2. The van der Waals surface area contributed by atoms with E-state index in [0.29, 0.717) is 21.3 Å². The average molecular weight is 296 g/mol. The lowest BCUT2D eigenvalue weighted by Crippen LogP contribution is -2.20. The lowest BCUT2D eigenvalue weighted by molar-refractivity contribution is -0.138. The third kappa shape index (κ3) is 3.40. The molecule has 0 fully saturated rings. The van der Waals surface area contributed by atoms with Gasteiger partial charge < -0.3 is 10.4 Å². The van der Waals surface area contributed by atoms with Crippen LogP contribution in [-0.2, 0) is 4.79 Å². The number of hydrogen-bond donors (Lipinski definition) is 2. The highest BCUT2D eigenvalue weighted by Crippen LogP contribution is 2.26. The first-order chi connectivity index (χ1) is 9.08. The fourth-order valence-corrected chi connectivity index (χ4v) is 1.99. The van der Waals surface area contributed by atoms with Crippen LogP contribution >= 0.6 is 23.2 Å². The van der Waals surface area contributed by atoms with Crippen LogP contribution in [0, 0.1) is 0 Å². The van der Waals surface area contributed by atoms with E-state index in [0.717, 1.165) is 0 Å². The molecule has 98 valence electrons. The Morgan fingerprint density at radius 1 is 1.05 bits per heavy atom. The van der Waals surface area contributed by atoms with Crippen LogP contribution < -0.4 is 5.32 Å². The summed E-state index contributed by atoms with van der Waals surface area (Å²) in [5.74, 6) is -0.984. The second-order valence-corrected chi connectivity index (χ2v) is 4.79. The van der Waals surface area contributed by atoms with Gasteiger partial charge in [-0.25, -0.2) is 4.79 Å². The fraction of sp³-hybridized carbons (Fsp3) is 0.0714. The van der Waals surface area contributed by atoms with Crippen molar-refractivity contribution in [2.24, 2.45) is 0 Å². The summed E-state index contributed by atoms with van der Waals surface area (Å²) in [6.45, 7) is 0. The van der Waals surface area contributed by atoms with Gasteiger partial charge in [-0.2, -0.15) is 0 Å². The number of para-hydroxylation sites is 1. The zero-order valence-corrected chi connectivity index (χ0v) is 11.3. The molecule has 0 spiro atoms. The molecule has 0 saturated heterocycles. The highest BCUT2D eigenvalue weighted by molar-refractivity contribution is 6.33. The Bertz CT molecular complexity index is 584. The van der Waals surface area contributed by atoms with Crippen LogP contribution in [0.4, 0.5) is 5.69 Å². The van der Waals surface area contributed by atoms with E-state index >= 15 is 0 Å². The van der Waals surface area contributed by atoms with Gasteiger partial charge in [-0.3, -0.25) is 0 Å². The number of halogens is 2. The van der Waals surface area contributed by atoms with E-state index < -0.39 is 12.0 Å². The highest BCUT2D eigenvalue weighted by atomic mass is 35.5. The Hall–Kier alpha value is -1.71. The van der Waals surface area contributed by atoms with Crippen molar-refractivity contribution < 1.29 is 9.90 Å². The van der Waals surface area contributed by atoms with Gasteiger partial charge in [-0.1, -0.05) is 47.5 Å². The van der Waals surface area contributed by atoms with Crippen LogP contribution in [0.5, 0.6) is 0 Å². The lowest BCUT2D eigenvalue weighted by atomic mass is 10.1. The molecule has 0 radical (unpaired) electrons. The number of nitrogens with one attached hydrogen (secondary N) is 1. The van der Waals surface area contributed by atoms with Crippen molar-refractivity contribution >= 4 is 34.9 Å². The number of aliphatic carboxylic acids is 1. The average Bonchev–Trinajstić information content (AvgIpc) is 2.39. The smallest absolute Gasteiger partial charge is 0.330 e. The molecular formula is C14H11Cl2NO2. The first-order valence-corrected chi connectivity index (χ1v) is 6.33. The van der Waals surface area contributed by atoms with E-state index in [-0.39, 0.29) is 0 Å². The quantitative estimate of drug-likeness (QED) is 0.887. The summed E-state index contributed by atoms with van der Waals surface area (Å²) < 4.78 is 0. The minimum absolute atomic E-state index is 0.475. The number of carboxylic acid groups (broad SMARTS) is 1. The van der Waals surface area contributed by atoms with Gasteiger partial charge in [0.05, 0.1) is 10.7 Å². The van der Waals surface area contributed by atoms with Crippen molar-refractivity contribution in [1.29, 1.82) is 0 Å². The Labute approximate surface area is 120 Å². The van der Waals surface area contributed by atoms with Gasteiger partial charge in [-0.15, -0.1) is 0 Å². The summed E-state index contributed by atoms with van der Waals surface area (Å²) >= 11 is 11.8. The summed E-state index contributed by atoms with van der Waals surface area (Å²) in [4.78, 5) is 11.4. The molecule has 0 amide bonds. The summed E-state index contributed by atoms with van der Waals surface area (Å²) in [7, 11) is 0. The van der Waals surface area contributed by atoms with Gasteiger partial charge in [0.1, 0.15) is 0 Å². The molecule has 0 aliphatic heterocycles. The molecule has 0 heterocycles. The second-order valence-electron chi connectivity index (χ2n) is 3.95. The first-order valence-electron chi connectivity index (χ1n) is 5.57. The van der Waals surface area contributed by atoms with Crippen molar-refractivity contribution in [2.75, 3.05) is 5.32 Å². The Morgan fingerprint density at radius 2 is 1.68 bits per heavy atom. The Balaban J connectivity index is 2.29. The van der Waals surface area contributed by atoms with Gasteiger partial charge in [-0.05, 0) is 29.8 Å². The van der Waals surface area contributed by atoms with Gasteiger partial charge in [0.2, 0.25) is 0 Å². The van der Waals surface area contributed by atoms with Crippen LogP contribution in [0.15, 0.2) is 48.5 Å². The van der Waals surface area contributed by atoms with Crippen molar-refractivity contribution in [3.63, 3.8) is 0 Å². The van der Waals surface area contributed by atoms with Crippen LogP contribution in [0.2, 0.25) is 10.0 Å². The maximum atomic E-state index is 11.4. The van der Waals surface area contributed by atoms with Gasteiger partial charge in [0.25, 0.3) is 0 Å². The molecule has 1 atom stereocenters. The van der Waals surface area contributed by atoms with Crippen molar-refractivity contribution in [3.05, 3.63) is 64.1 Å². The number of anilines is 1. The van der Waals surface area contributed by atoms with Crippen molar-refractivity contribution in [1.82, 2.24) is 0 Å². The normalized spacial score (nSPS) is 11.9. The number of carboxylic acids is 1. The maximum Gasteiger partial charge on any atom is 0.330 e. The molecule has 0 aliphatic carbocycles. The third-order valence-electron chi connectivity index (χ3n) is 2.62. The van der Waals surface area contributed by atoms with E-state index in [9.17, 15) is 9.90 Å². The van der Waals surface area contributed by atoms with Crippen LogP contribution in [-0.4, -0.2) is 11.1 Å². The zero-order chi connectivity index (χ0) is 13.8. The second kappa shape index (κ2) is 5.95. The highest BCUT2D eigenvalue weighted by Gasteiger charge is 2.20. The Morgan fingerprint density at radius 3 is 2.26 bits per heavy atom. The standard InChI is InChI=1S/C14H11Cl2NO2/c15-10-7-5-9(6-8-10)13(14(18)19)17-12-4-2-1-3-11(12)16/h1-8,13,17H,(H,18,19). The van der Waals surface area contributed by atoms with E-state index in [1.54, 1.807) is 48.5 Å². The number of benzene rings is 2. The third-order valence-corrected chi connectivity index (χ3v) is 3.21. The minimum atomic E-state index is -0.984. The zero-order valence-electron chi connectivity index (χ0n) is 9.81. The van der Waals surface area contributed by atoms with Crippen LogP contribution in [0.25, 0.3) is 0 Å². The van der Waals surface area contributed by atoms with Gasteiger partial charge in [0.15, 0.2) is 6.04 Å². The van der Waals surface area contributed by atoms with E-state index in [2.05, 4.69) is 5.32 Å². The summed E-state index contributed by atoms with van der Waals surface area (Å²) in [6.07, 6.45) is 0. The Kier molecular flexibility index (Phi) is 4.30. The largest absolute Gasteiger partial charge is 0.479 e. The van der Waals surface area contributed by atoms with Crippen LogP contribution in [0.1, 0.15) is 11.6 Å². The summed E-state index contributed by atoms with van der Waals surface area (Å²) in [6, 6.07) is 12.8. The number of carbonyl (C=O) groups is 1. The summed E-state index contributed by atoms with van der Waals surface area (Å²) in [5.41, 5.74) is 1.18. The molecule has 2 aromatic carbocycles. The molecule has 1 unspecified atom stereocenters. The fourth-order valence-electron chi connectivity index (χ4n) is 1.68. The van der Waals surface area contributed by atoms with Crippen molar-refractivity contribution in [2.45, 2.75) is 6.04 Å².